The van der Waals surface area contributed by atoms with Gasteiger partial charge in [-0.05, 0) is 45.4 Å². The zero-order chi connectivity index (χ0) is 14.5. The maximum Gasteiger partial charge on any atom is 0.0820 e. The summed E-state index contributed by atoms with van der Waals surface area (Å²) in [6, 6.07) is 5.74. The van der Waals surface area contributed by atoms with Crippen LogP contribution in [0.2, 0.25) is 10.0 Å². The fourth-order valence-electron chi connectivity index (χ4n) is 2.22. The van der Waals surface area contributed by atoms with Gasteiger partial charge in [0, 0.05) is 6.61 Å². The summed E-state index contributed by atoms with van der Waals surface area (Å²) < 4.78 is 5.87. The molecule has 0 heterocycles. The van der Waals surface area contributed by atoms with Gasteiger partial charge in [0.1, 0.15) is 0 Å². The summed E-state index contributed by atoms with van der Waals surface area (Å²) in [5.74, 6) is 0. The van der Waals surface area contributed by atoms with Crippen molar-refractivity contribution in [2.45, 2.75) is 45.8 Å². The van der Waals surface area contributed by atoms with E-state index in [1.165, 1.54) is 0 Å². The molecule has 0 amide bonds. The topological polar surface area (TPSA) is 21.3 Å². The van der Waals surface area contributed by atoms with Crippen LogP contribution in [0.4, 0.5) is 0 Å². The SMILES string of the molecule is CCCNC(c1cccc(Cl)c1Cl)C(C)(C)OCC. The van der Waals surface area contributed by atoms with Crippen molar-refractivity contribution in [3.8, 4) is 0 Å². The van der Waals surface area contributed by atoms with E-state index in [0.29, 0.717) is 16.7 Å². The maximum absolute atomic E-state index is 6.35. The molecule has 1 N–H and O–H groups in total. The zero-order valence-corrected chi connectivity index (χ0v) is 13.6. The summed E-state index contributed by atoms with van der Waals surface area (Å²) in [4.78, 5) is 0. The van der Waals surface area contributed by atoms with Gasteiger partial charge in [0.05, 0.1) is 21.7 Å². The van der Waals surface area contributed by atoms with E-state index in [2.05, 4.69) is 26.1 Å². The van der Waals surface area contributed by atoms with E-state index < -0.39 is 0 Å². The number of ether oxygens (including phenoxy) is 1. The molecular formula is C15H23Cl2NO. The van der Waals surface area contributed by atoms with Crippen LogP contribution in [-0.2, 0) is 4.74 Å². The number of rotatable bonds is 7. The number of hydrogen-bond acceptors (Lipinski definition) is 2. The highest BCUT2D eigenvalue weighted by atomic mass is 35.5. The molecule has 1 rings (SSSR count). The molecule has 1 aromatic carbocycles. The third kappa shape index (κ3) is 4.35. The average molecular weight is 304 g/mol. The molecule has 19 heavy (non-hydrogen) atoms. The fraction of sp³-hybridized carbons (Fsp3) is 0.600. The Morgan fingerprint density at radius 1 is 1.26 bits per heavy atom. The van der Waals surface area contributed by atoms with Gasteiger partial charge in [-0.25, -0.2) is 0 Å². The van der Waals surface area contributed by atoms with Crippen LogP contribution in [0.15, 0.2) is 18.2 Å². The Bertz CT molecular complexity index is 407. The number of hydrogen-bond donors (Lipinski definition) is 1. The summed E-state index contributed by atoms with van der Waals surface area (Å²) >= 11 is 12.5. The van der Waals surface area contributed by atoms with Crippen LogP contribution in [0.25, 0.3) is 0 Å². The third-order valence-electron chi connectivity index (χ3n) is 3.10. The van der Waals surface area contributed by atoms with E-state index in [4.69, 9.17) is 27.9 Å². The molecule has 0 radical (unpaired) electrons. The summed E-state index contributed by atoms with van der Waals surface area (Å²) in [5, 5.41) is 4.69. The first kappa shape index (κ1) is 16.8. The average Bonchev–Trinajstić information content (AvgIpc) is 2.34. The third-order valence-corrected chi connectivity index (χ3v) is 3.94. The van der Waals surface area contributed by atoms with E-state index in [1.807, 2.05) is 19.1 Å². The van der Waals surface area contributed by atoms with Crippen molar-refractivity contribution >= 4 is 23.2 Å². The van der Waals surface area contributed by atoms with E-state index in [0.717, 1.165) is 18.5 Å². The van der Waals surface area contributed by atoms with Crippen LogP contribution in [0.3, 0.4) is 0 Å². The van der Waals surface area contributed by atoms with E-state index in [-0.39, 0.29) is 11.6 Å². The summed E-state index contributed by atoms with van der Waals surface area (Å²) in [6.07, 6.45) is 1.05. The van der Waals surface area contributed by atoms with Crippen LogP contribution >= 0.6 is 23.2 Å². The molecule has 1 atom stereocenters. The Morgan fingerprint density at radius 2 is 1.95 bits per heavy atom. The van der Waals surface area contributed by atoms with Crippen LogP contribution in [0.1, 0.15) is 45.7 Å². The lowest BCUT2D eigenvalue weighted by molar-refractivity contribution is -0.0391. The minimum Gasteiger partial charge on any atom is -0.374 e. The van der Waals surface area contributed by atoms with Crippen molar-refractivity contribution < 1.29 is 4.74 Å². The van der Waals surface area contributed by atoms with Crippen molar-refractivity contribution in [2.24, 2.45) is 0 Å². The molecule has 0 spiro atoms. The minimum atomic E-state index is -0.349. The van der Waals surface area contributed by atoms with E-state index >= 15 is 0 Å². The molecule has 4 heteroatoms. The highest BCUT2D eigenvalue weighted by Crippen LogP contribution is 2.36. The molecule has 0 aliphatic rings. The summed E-state index contributed by atoms with van der Waals surface area (Å²) in [7, 11) is 0. The Kier molecular flexibility index (Phi) is 6.61. The minimum absolute atomic E-state index is 0.0126. The van der Waals surface area contributed by atoms with Gasteiger partial charge in [-0.2, -0.15) is 0 Å². The molecule has 0 saturated carbocycles. The Balaban J connectivity index is 3.12. The second-order valence-corrected chi connectivity index (χ2v) is 5.85. The summed E-state index contributed by atoms with van der Waals surface area (Å²) in [5.41, 5.74) is 0.638. The Morgan fingerprint density at radius 3 is 2.53 bits per heavy atom. The van der Waals surface area contributed by atoms with E-state index in [1.54, 1.807) is 6.07 Å². The fourth-order valence-corrected chi connectivity index (χ4v) is 2.63. The standard InChI is InChI=1S/C15H23Cl2NO/c1-5-10-18-14(15(3,4)19-6-2)11-8-7-9-12(16)13(11)17/h7-9,14,18H,5-6,10H2,1-4H3. The zero-order valence-electron chi connectivity index (χ0n) is 12.1. The largest absolute Gasteiger partial charge is 0.374 e. The summed E-state index contributed by atoms with van der Waals surface area (Å²) in [6.45, 7) is 9.84. The molecule has 2 nitrogen and oxygen atoms in total. The number of nitrogens with one attached hydrogen (secondary N) is 1. The maximum atomic E-state index is 6.35. The van der Waals surface area contributed by atoms with Gasteiger partial charge in [-0.15, -0.1) is 0 Å². The highest BCUT2D eigenvalue weighted by Gasteiger charge is 2.32. The van der Waals surface area contributed by atoms with Gasteiger partial charge in [0.15, 0.2) is 0 Å². The first-order valence-corrected chi connectivity index (χ1v) is 7.50. The number of benzene rings is 1. The highest BCUT2D eigenvalue weighted by molar-refractivity contribution is 6.42. The molecular weight excluding hydrogens is 281 g/mol. The van der Waals surface area contributed by atoms with Crippen LogP contribution in [-0.4, -0.2) is 18.8 Å². The molecule has 0 fully saturated rings. The normalized spacial score (nSPS) is 13.6. The van der Waals surface area contributed by atoms with Crippen molar-refractivity contribution in [1.29, 1.82) is 0 Å². The lowest BCUT2D eigenvalue weighted by Gasteiger charge is -2.36. The van der Waals surface area contributed by atoms with Gasteiger partial charge in [-0.3, -0.25) is 0 Å². The predicted molar refractivity (Wildman–Crippen MR) is 83.2 cm³/mol. The van der Waals surface area contributed by atoms with Gasteiger partial charge in [0.2, 0.25) is 0 Å². The smallest absolute Gasteiger partial charge is 0.0820 e. The predicted octanol–water partition coefficient (Wildman–Crippen LogP) is 4.85. The molecule has 0 aromatic heterocycles. The monoisotopic (exact) mass is 303 g/mol. The first-order chi connectivity index (χ1) is 8.94. The Hall–Kier alpha value is -0.280. The molecule has 0 saturated heterocycles. The van der Waals surface area contributed by atoms with Crippen LogP contribution in [0.5, 0.6) is 0 Å². The lowest BCUT2D eigenvalue weighted by atomic mass is 9.91. The van der Waals surface area contributed by atoms with Crippen molar-refractivity contribution in [2.75, 3.05) is 13.2 Å². The lowest BCUT2D eigenvalue weighted by Crippen LogP contribution is -2.42. The molecule has 1 aromatic rings. The molecule has 0 aliphatic heterocycles. The van der Waals surface area contributed by atoms with Crippen molar-refractivity contribution in [3.05, 3.63) is 33.8 Å². The van der Waals surface area contributed by atoms with Gasteiger partial charge in [0.25, 0.3) is 0 Å². The molecule has 0 bridgehead atoms. The van der Waals surface area contributed by atoms with Crippen molar-refractivity contribution in [1.82, 2.24) is 5.32 Å². The molecule has 108 valence electrons. The quantitative estimate of drug-likeness (QED) is 0.777. The van der Waals surface area contributed by atoms with E-state index in [9.17, 15) is 0 Å². The van der Waals surface area contributed by atoms with Gasteiger partial charge < -0.3 is 10.1 Å². The molecule has 1 unspecified atom stereocenters. The van der Waals surface area contributed by atoms with Crippen LogP contribution < -0.4 is 5.32 Å². The van der Waals surface area contributed by atoms with Crippen LogP contribution in [0, 0.1) is 0 Å². The van der Waals surface area contributed by atoms with Gasteiger partial charge >= 0.3 is 0 Å². The first-order valence-electron chi connectivity index (χ1n) is 6.75. The van der Waals surface area contributed by atoms with Gasteiger partial charge in [-0.1, -0.05) is 42.3 Å². The number of halogens is 2. The second-order valence-electron chi connectivity index (χ2n) is 5.07. The van der Waals surface area contributed by atoms with Crippen molar-refractivity contribution in [3.63, 3.8) is 0 Å². The Labute approximate surface area is 126 Å². The molecule has 0 aliphatic carbocycles. The second kappa shape index (κ2) is 7.49.